The fourth-order valence-corrected chi connectivity index (χ4v) is 1.91. The van der Waals surface area contributed by atoms with E-state index in [-0.39, 0.29) is 0 Å². The summed E-state index contributed by atoms with van der Waals surface area (Å²) in [6, 6.07) is 9.73. The highest BCUT2D eigenvalue weighted by molar-refractivity contribution is 5.78. The van der Waals surface area contributed by atoms with E-state index in [4.69, 9.17) is 10.3 Å². The second-order valence-electron chi connectivity index (χ2n) is 3.98. The molecule has 0 bridgehead atoms. The summed E-state index contributed by atoms with van der Waals surface area (Å²) in [5.41, 5.74) is 8.65. The summed E-state index contributed by atoms with van der Waals surface area (Å²) in [4.78, 5) is 4.29. The number of aromatic nitrogens is 3. The second-order valence-corrected chi connectivity index (χ2v) is 3.98. The lowest BCUT2D eigenvalue weighted by Crippen LogP contribution is -2.03. The number of hydrogen-bond donors (Lipinski definition) is 1. The summed E-state index contributed by atoms with van der Waals surface area (Å²) >= 11 is 0. The lowest BCUT2D eigenvalue weighted by Gasteiger charge is -2.02. The number of benzene rings is 1. The normalized spacial score (nSPS) is 11.1. The fourth-order valence-electron chi connectivity index (χ4n) is 1.91. The van der Waals surface area contributed by atoms with Crippen molar-refractivity contribution >= 4 is 17.0 Å². The Morgan fingerprint density at radius 1 is 1.35 bits per heavy atom. The summed E-state index contributed by atoms with van der Waals surface area (Å²) in [6.07, 6.45) is 0. The van der Waals surface area contributed by atoms with Crippen LogP contribution in [0.4, 0.5) is 5.95 Å². The van der Waals surface area contributed by atoms with E-state index in [1.807, 2.05) is 41.8 Å². The molecule has 0 aliphatic rings. The molecule has 17 heavy (non-hydrogen) atoms. The number of nitrogens with two attached hydrogens (primary N) is 1. The van der Waals surface area contributed by atoms with Gasteiger partial charge in [0, 0.05) is 6.07 Å². The number of anilines is 1. The van der Waals surface area contributed by atoms with Gasteiger partial charge in [-0.15, -0.1) is 0 Å². The summed E-state index contributed by atoms with van der Waals surface area (Å²) in [5.74, 6) is 1.26. The van der Waals surface area contributed by atoms with Gasteiger partial charge in [-0.05, 0) is 19.1 Å². The first-order chi connectivity index (χ1) is 8.24. The molecule has 0 amide bonds. The Balaban J connectivity index is 2.08. The van der Waals surface area contributed by atoms with Crippen LogP contribution in [-0.2, 0) is 6.54 Å². The van der Waals surface area contributed by atoms with Gasteiger partial charge in [-0.3, -0.25) is 0 Å². The zero-order chi connectivity index (χ0) is 11.8. The van der Waals surface area contributed by atoms with E-state index in [9.17, 15) is 0 Å². The van der Waals surface area contributed by atoms with Crippen LogP contribution in [0.25, 0.3) is 11.0 Å². The maximum Gasteiger partial charge on any atom is 0.201 e. The molecule has 2 aromatic heterocycles. The monoisotopic (exact) mass is 228 g/mol. The Bertz CT molecular complexity index is 668. The first-order valence-corrected chi connectivity index (χ1v) is 5.37. The van der Waals surface area contributed by atoms with Gasteiger partial charge < -0.3 is 14.8 Å². The number of fused-ring (bicyclic) bond motifs is 1. The van der Waals surface area contributed by atoms with E-state index in [1.165, 1.54) is 0 Å². The number of aryl methyl sites for hydroxylation is 1. The number of nitrogen functional groups attached to an aromatic ring is 1. The molecular weight excluding hydrogens is 216 g/mol. The van der Waals surface area contributed by atoms with Crippen LogP contribution in [-0.4, -0.2) is 14.7 Å². The maximum absolute atomic E-state index is 5.90. The largest absolute Gasteiger partial charge is 0.369 e. The van der Waals surface area contributed by atoms with Crippen molar-refractivity contribution in [3.8, 4) is 0 Å². The molecule has 0 aliphatic carbocycles. The molecule has 86 valence electrons. The van der Waals surface area contributed by atoms with Crippen molar-refractivity contribution in [3.63, 3.8) is 0 Å². The van der Waals surface area contributed by atoms with Gasteiger partial charge >= 0.3 is 0 Å². The summed E-state index contributed by atoms with van der Waals surface area (Å²) < 4.78 is 7.10. The molecule has 0 unspecified atom stereocenters. The van der Waals surface area contributed by atoms with Crippen molar-refractivity contribution in [2.75, 3.05) is 5.73 Å². The van der Waals surface area contributed by atoms with Crippen LogP contribution >= 0.6 is 0 Å². The van der Waals surface area contributed by atoms with E-state index < -0.39 is 0 Å². The molecule has 2 N–H and O–H groups in total. The van der Waals surface area contributed by atoms with Crippen molar-refractivity contribution in [2.45, 2.75) is 13.5 Å². The third-order valence-corrected chi connectivity index (χ3v) is 2.67. The van der Waals surface area contributed by atoms with Crippen LogP contribution in [0.5, 0.6) is 0 Å². The molecular formula is C12H12N4O. The Kier molecular flexibility index (Phi) is 2.11. The van der Waals surface area contributed by atoms with Gasteiger partial charge in [0.15, 0.2) is 5.76 Å². The molecule has 0 radical (unpaired) electrons. The highest BCUT2D eigenvalue weighted by atomic mass is 16.5. The van der Waals surface area contributed by atoms with Crippen LogP contribution < -0.4 is 5.73 Å². The number of rotatable bonds is 2. The molecule has 5 heteroatoms. The van der Waals surface area contributed by atoms with Crippen LogP contribution in [0.1, 0.15) is 11.5 Å². The van der Waals surface area contributed by atoms with E-state index in [2.05, 4.69) is 10.1 Å². The topological polar surface area (TPSA) is 69.9 Å². The number of hydrogen-bond acceptors (Lipinski definition) is 4. The van der Waals surface area contributed by atoms with Crippen molar-refractivity contribution in [1.82, 2.24) is 14.7 Å². The van der Waals surface area contributed by atoms with Gasteiger partial charge in [0.1, 0.15) is 0 Å². The minimum Gasteiger partial charge on any atom is -0.369 e. The quantitative estimate of drug-likeness (QED) is 0.728. The highest BCUT2D eigenvalue weighted by Gasteiger charge is 2.10. The Labute approximate surface area is 97.8 Å². The first kappa shape index (κ1) is 9.89. The average Bonchev–Trinajstić information content (AvgIpc) is 2.85. The van der Waals surface area contributed by atoms with Crippen LogP contribution in [0.2, 0.25) is 0 Å². The summed E-state index contributed by atoms with van der Waals surface area (Å²) in [6.45, 7) is 2.44. The van der Waals surface area contributed by atoms with Crippen molar-refractivity contribution in [1.29, 1.82) is 0 Å². The molecule has 0 saturated heterocycles. The standard InChI is InChI=1S/C12H12N4O/c1-8-6-9(17-15-8)7-16-11-5-3-2-4-10(11)14-12(16)13/h2-6H,7H2,1H3,(H2,13,14). The van der Waals surface area contributed by atoms with Gasteiger partial charge in [-0.1, -0.05) is 17.3 Å². The van der Waals surface area contributed by atoms with Gasteiger partial charge in [0.05, 0.1) is 23.3 Å². The Morgan fingerprint density at radius 2 is 2.18 bits per heavy atom. The number of nitrogens with zero attached hydrogens (tertiary/aromatic N) is 3. The smallest absolute Gasteiger partial charge is 0.201 e. The lowest BCUT2D eigenvalue weighted by atomic mass is 10.3. The van der Waals surface area contributed by atoms with Crippen LogP contribution in [0.15, 0.2) is 34.9 Å². The highest BCUT2D eigenvalue weighted by Crippen LogP contribution is 2.19. The first-order valence-electron chi connectivity index (χ1n) is 5.37. The van der Waals surface area contributed by atoms with E-state index in [1.54, 1.807) is 0 Å². The van der Waals surface area contributed by atoms with E-state index in [0.29, 0.717) is 12.5 Å². The zero-order valence-corrected chi connectivity index (χ0v) is 9.42. The molecule has 0 saturated carbocycles. The summed E-state index contributed by atoms with van der Waals surface area (Å²) in [5, 5.41) is 3.86. The molecule has 0 spiro atoms. The van der Waals surface area contributed by atoms with Gasteiger partial charge in [-0.25, -0.2) is 4.98 Å². The lowest BCUT2D eigenvalue weighted by molar-refractivity contribution is 0.374. The van der Waals surface area contributed by atoms with Crippen LogP contribution in [0, 0.1) is 6.92 Å². The van der Waals surface area contributed by atoms with Crippen LogP contribution in [0.3, 0.4) is 0 Å². The minimum absolute atomic E-state index is 0.486. The van der Waals surface area contributed by atoms with E-state index >= 15 is 0 Å². The van der Waals surface area contributed by atoms with Crippen molar-refractivity contribution in [2.24, 2.45) is 0 Å². The molecule has 3 rings (SSSR count). The molecule has 0 atom stereocenters. The molecule has 5 nitrogen and oxygen atoms in total. The van der Waals surface area contributed by atoms with Gasteiger partial charge in [0.2, 0.25) is 5.95 Å². The zero-order valence-electron chi connectivity index (χ0n) is 9.42. The number of imidazole rings is 1. The summed E-state index contributed by atoms with van der Waals surface area (Å²) in [7, 11) is 0. The molecule has 0 fully saturated rings. The van der Waals surface area contributed by atoms with Gasteiger partial charge in [-0.2, -0.15) is 0 Å². The van der Waals surface area contributed by atoms with Crippen molar-refractivity contribution < 1.29 is 4.52 Å². The van der Waals surface area contributed by atoms with Gasteiger partial charge in [0.25, 0.3) is 0 Å². The molecule has 2 heterocycles. The predicted octanol–water partition coefficient (Wildman–Crippen LogP) is 1.96. The Morgan fingerprint density at radius 3 is 2.94 bits per heavy atom. The second kappa shape index (κ2) is 3.62. The molecule has 1 aromatic carbocycles. The van der Waals surface area contributed by atoms with Crippen molar-refractivity contribution in [3.05, 3.63) is 41.8 Å². The number of para-hydroxylation sites is 2. The predicted molar refractivity (Wildman–Crippen MR) is 64.5 cm³/mol. The Hall–Kier alpha value is -2.30. The van der Waals surface area contributed by atoms with E-state index in [0.717, 1.165) is 22.5 Å². The average molecular weight is 228 g/mol. The molecule has 3 aromatic rings. The molecule has 0 aliphatic heterocycles. The third kappa shape index (κ3) is 1.65. The minimum atomic E-state index is 0.486. The SMILES string of the molecule is Cc1cc(Cn2c(N)nc3ccccc32)on1. The maximum atomic E-state index is 5.90. The fraction of sp³-hybridized carbons (Fsp3) is 0.167. The third-order valence-electron chi connectivity index (χ3n) is 2.67.